The SMILES string of the molecule is Nc1ccc2oc(NCCO)nc2c1. The maximum absolute atomic E-state index is 8.59. The zero-order chi connectivity index (χ0) is 9.97. The van der Waals surface area contributed by atoms with Crippen LogP contribution in [-0.2, 0) is 0 Å². The first kappa shape index (κ1) is 8.83. The lowest BCUT2D eigenvalue weighted by atomic mass is 10.3. The average Bonchev–Trinajstić information content (AvgIpc) is 2.56. The number of rotatable bonds is 3. The molecule has 2 aromatic rings. The van der Waals surface area contributed by atoms with Gasteiger partial charge in [0.1, 0.15) is 5.52 Å². The summed E-state index contributed by atoms with van der Waals surface area (Å²) in [5.41, 5.74) is 7.64. The summed E-state index contributed by atoms with van der Waals surface area (Å²) < 4.78 is 5.34. The third-order valence-corrected chi connectivity index (χ3v) is 1.80. The molecule has 5 nitrogen and oxygen atoms in total. The minimum atomic E-state index is 0.0425. The zero-order valence-electron chi connectivity index (χ0n) is 7.53. The molecule has 0 atom stereocenters. The monoisotopic (exact) mass is 193 g/mol. The van der Waals surface area contributed by atoms with Crippen LogP contribution in [0.2, 0.25) is 0 Å². The molecule has 4 N–H and O–H groups in total. The molecule has 0 spiro atoms. The molecule has 1 aromatic heterocycles. The van der Waals surface area contributed by atoms with E-state index in [9.17, 15) is 0 Å². The summed E-state index contributed by atoms with van der Waals surface area (Å²) in [5, 5.41) is 11.4. The van der Waals surface area contributed by atoms with Crippen molar-refractivity contribution in [3.05, 3.63) is 18.2 Å². The highest BCUT2D eigenvalue weighted by atomic mass is 16.4. The van der Waals surface area contributed by atoms with Crippen LogP contribution in [0, 0.1) is 0 Å². The first-order chi connectivity index (χ1) is 6.79. The summed E-state index contributed by atoms with van der Waals surface area (Å²) in [6, 6.07) is 5.66. The van der Waals surface area contributed by atoms with Crippen molar-refractivity contribution in [1.29, 1.82) is 0 Å². The fraction of sp³-hybridized carbons (Fsp3) is 0.222. The highest BCUT2D eigenvalue weighted by molar-refractivity contribution is 5.78. The van der Waals surface area contributed by atoms with Gasteiger partial charge in [0.05, 0.1) is 6.61 Å². The smallest absolute Gasteiger partial charge is 0.295 e. The second-order valence-corrected chi connectivity index (χ2v) is 2.90. The van der Waals surface area contributed by atoms with E-state index in [2.05, 4.69) is 10.3 Å². The number of benzene rings is 1. The lowest BCUT2D eigenvalue weighted by molar-refractivity contribution is 0.310. The van der Waals surface area contributed by atoms with Gasteiger partial charge in [-0.3, -0.25) is 0 Å². The molecule has 0 saturated heterocycles. The number of aromatic nitrogens is 1. The maximum Gasteiger partial charge on any atom is 0.295 e. The van der Waals surface area contributed by atoms with Crippen molar-refractivity contribution in [2.45, 2.75) is 0 Å². The van der Waals surface area contributed by atoms with Crippen molar-refractivity contribution in [2.24, 2.45) is 0 Å². The highest BCUT2D eigenvalue weighted by Gasteiger charge is 2.04. The van der Waals surface area contributed by atoms with Crippen LogP contribution in [0.25, 0.3) is 11.1 Å². The van der Waals surface area contributed by atoms with Crippen molar-refractivity contribution in [2.75, 3.05) is 24.2 Å². The second kappa shape index (κ2) is 3.55. The quantitative estimate of drug-likeness (QED) is 0.628. The fourth-order valence-electron chi connectivity index (χ4n) is 1.18. The summed E-state index contributed by atoms with van der Waals surface area (Å²) in [4.78, 5) is 4.14. The number of nitrogen functional groups attached to an aromatic ring is 1. The molecule has 0 aliphatic rings. The van der Waals surface area contributed by atoms with Crippen molar-refractivity contribution >= 4 is 22.8 Å². The fourth-order valence-corrected chi connectivity index (χ4v) is 1.18. The number of hydrogen-bond acceptors (Lipinski definition) is 5. The predicted octanol–water partition coefficient (Wildman–Crippen LogP) is 0.814. The molecule has 1 aromatic carbocycles. The number of nitrogens with two attached hydrogens (primary N) is 1. The van der Waals surface area contributed by atoms with E-state index in [1.165, 1.54) is 0 Å². The minimum absolute atomic E-state index is 0.0425. The molecule has 14 heavy (non-hydrogen) atoms. The third-order valence-electron chi connectivity index (χ3n) is 1.80. The van der Waals surface area contributed by atoms with Gasteiger partial charge >= 0.3 is 0 Å². The molecule has 2 rings (SSSR count). The lowest BCUT2D eigenvalue weighted by Crippen LogP contribution is -2.05. The van der Waals surface area contributed by atoms with Crippen LogP contribution in [0.5, 0.6) is 0 Å². The van der Waals surface area contributed by atoms with E-state index < -0.39 is 0 Å². The molecule has 0 fully saturated rings. The molecule has 0 aliphatic carbocycles. The topological polar surface area (TPSA) is 84.3 Å². The van der Waals surface area contributed by atoms with Crippen LogP contribution < -0.4 is 11.1 Å². The molecule has 74 valence electrons. The Bertz CT molecular complexity index is 439. The summed E-state index contributed by atoms with van der Waals surface area (Å²) >= 11 is 0. The number of anilines is 2. The Morgan fingerprint density at radius 1 is 1.50 bits per heavy atom. The number of aliphatic hydroxyl groups is 1. The summed E-state index contributed by atoms with van der Waals surface area (Å²) in [7, 11) is 0. The van der Waals surface area contributed by atoms with E-state index in [4.69, 9.17) is 15.3 Å². The molecular weight excluding hydrogens is 182 g/mol. The Balaban J connectivity index is 2.32. The van der Waals surface area contributed by atoms with Gasteiger partial charge < -0.3 is 20.6 Å². The van der Waals surface area contributed by atoms with Gasteiger partial charge in [-0.1, -0.05) is 0 Å². The van der Waals surface area contributed by atoms with Gasteiger partial charge in [-0.05, 0) is 18.2 Å². The molecule has 0 amide bonds. The number of oxazole rings is 1. The van der Waals surface area contributed by atoms with Crippen LogP contribution in [-0.4, -0.2) is 23.2 Å². The number of aliphatic hydroxyl groups excluding tert-OH is 1. The normalized spacial score (nSPS) is 10.6. The van der Waals surface area contributed by atoms with E-state index in [1.807, 2.05) is 0 Å². The van der Waals surface area contributed by atoms with Crippen molar-refractivity contribution in [3.63, 3.8) is 0 Å². The Morgan fingerprint density at radius 3 is 3.14 bits per heavy atom. The maximum atomic E-state index is 8.59. The molecule has 0 unspecified atom stereocenters. The first-order valence-electron chi connectivity index (χ1n) is 4.30. The Kier molecular flexibility index (Phi) is 2.24. The van der Waals surface area contributed by atoms with Gasteiger partial charge in [0.15, 0.2) is 5.58 Å². The van der Waals surface area contributed by atoms with E-state index in [0.717, 1.165) is 0 Å². The van der Waals surface area contributed by atoms with Crippen LogP contribution in [0.1, 0.15) is 0 Å². The van der Waals surface area contributed by atoms with Crippen LogP contribution in [0.3, 0.4) is 0 Å². The van der Waals surface area contributed by atoms with E-state index in [-0.39, 0.29) is 6.61 Å². The number of nitrogens with zero attached hydrogens (tertiary/aromatic N) is 1. The minimum Gasteiger partial charge on any atom is -0.424 e. The standard InChI is InChI=1S/C9H11N3O2/c10-6-1-2-8-7(5-6)12-9(14-8)11-3-4-13/h1-2,5,13H,3-4,10H2,(H,11,12). The summed E-state index contributed by atoms with van der Waals surface area (Å²) in [5.74, 6) is 0. The molecule has 0 saturated carbocycles. The molecule has 0 bridgehead atoms. The number of hydrogen-bond donors (Lipinski definition) is 3. The zero-order valence-corrected chi connectivity index (χ0v) is 7.53. The second-order valence-electron chi connectivity index (χ2n) is 2.90. The average molecular weight is 193 g/mol. The molecule has 5 heteroatoms. The molecule has 0 aliphatic heterocycles. The van der Waals surface area contributed by atoms with Gasteiger partial charge in [-0.25, -0.2) is 0 Å². The summed E-state index contributed by atoms with van der Waals surface area (Å²) in [6.07, 6.45) is 0. The van der Waals surface area contributed by atoms with Gasteiger partial charge in [0.25, 0.3) is 6.01 Å². The van der Waals surface area contributed by atoms with E-state index in [1.54, 1.807) is 18.2 Å². The van der Waals surface area contributed by atoms with Gasteiger partial charge in [-0.15, -0.1) is 0 Å². The third kappa shape index (κ3) is 1.62. The van der Waals surface area contributed by atoms with Gasteiger partial charge in [0, 0.05) is 12.2 Å². The summed E-state index contributed by atoms with van der Waals surface area (Å²) in [6.45, 7) is 0.461. The van der Waals surface area contributed by atoms with Crippen LogP contribution >= 0.6 is 0 Å². The number of fused-ring (bicyclic) bond motifs is 1. The van der Waals surface area contributed by atoms with Crippen LogP contribution in [0.4, 0.5) is 11.7 Å². The lowest BCUT2D eigenvalue weighted by Gasteiger charge is -1.94. The van der Waals surface area contributed by atoms with Crippen molar-refractivity contribution in [3.8, 4) is 0 Å². The van der Waals surface area contributed by atoms with E-state index in [0.29, 0.717) is 29.3 Å². The largest absolute Gasteiger partial charge is 0.424 e. The highest BCUT2D eigenvalue weighted by Crippen LogP contribution is 2.20. The Labute approximate surface area is 80.5 Å². The Hall–Kier alpha value is -1.75. The predicted molar refractivity (Wildman–Crippen MR) is 54.0 cm³/mol. The van der Waals surface area contributed by atoms with Gasteiger partial charge in [0.2, 0.25) is 0 Å². The number of nitrogens with one attached hydrogen (secondary N) is 1. The molecule has 0 radical (unpaired) electrons. The van der Waals surface area contributed by atoms with Crippen LogP contribution in [0.15, 0.2) is 22.6 Å². The molecular formula is C9H11N3O2. The van der Waals surface area contributed by atoms with Gasteiger partial charge in [-0.2, -0.15) is 4.98 Å². The first-order valence-corrected chi connectivity index (χ1v) is 4.30. The molecule has 1 heterocycles. The van der Waals surface area contributed by atoms with Crippen molar-refractivity contribution < 1.29 is 9.52 Å². The van der Waals surface area contributed by atoms with E-state index >= 15 is 0 Å². The van der Waals surface area contributed by atoms with Crippen molar-refractivity contribution in [1.82, 2.24) is 4.98 Å². The Morgan fingerprint density at radius 2 is 2.36 bits per heavy atom.